The molecule has 2 aromatic carbocycles. The van der Waals surface area contributed by atoms with Gasteiger partial charge in [0, 0.05) is 17.0 Å². The predicted octanol–water partition coefficient (Wildman–Crippen LogP) is 4.49. The van der Waals surface area contributed by atoms with Crippen molar-refractivity contribution in [1.29, 1.82) is 5.26 Å². The summed E-state index contributed by atoms with van der Waals surface area (Å²) < 4.78 is 0. The first kappa shape index (κ1) is 12.4. The van der Waals surface area contributed by atoms with Gasteiger partial charge in [0.2, 0.25) is 0 Å². The summed E-state index contributed by atoms with van der Waals surface area (Å²) >= 11 is 5.83. The smallest absolute Gasteiger partial charge is 0.0950 e. The van der Waals surface area contributed by atoms with Crippen LogP contribution in [0.15, 0.2) is 60.2 Å². The molecule has 2 heteroatoms. The second kappa shape index (κ2) is 6.05. The van der Waals surface area contributed by atoms with Crippen LogP contribution < -0.4 is 0 Å². The lowest BCUT2D eigenvalue weighted by molar-refractivity contribution is 1.21. The molecule has 0 aliphatic heterocycles. The van der Waals surface area contributed by atoms with E-state index in [2.05, 4.69) is 6.07 Å². The lowest BCUT2D eigenvalue weighted by atomic mass is 10.0. The summed E-state index contributed by atoms with van der Waals surface area (Å²) in [6, 6.07) is 19.7. The minimum absolute atomic E-state index is 0.653. The van der Waals surface area contributed by atoms with Crippen molar-refractivity contribution in [2.75, 3.05) is 0 Å². The Labute approximate surface area is 112 Å². The van der Waals surface area contributed by atoms with Crippen LogP contribution in [0.2, 0.25) is 5.02 Å². The number of nitriles is 1. The van der Waals surface area contributed by atoms with Crippen LogP contribution in [0, 0.1) is 11.3 Å². The molecule has 0 heterocycles. The first-order chi connectivity index (χ1) is 8.78. The molecule has 18 heavy (non-hydrogen) atoms. The van der Waals surface area contributed by atoms with Crippen molar-refractivity contribution < 1.29 is 0 Å². The number of hydrogen-bond donors (Lipinski definition) is 0. The number of hydrogen-bond acceptors (Lipinski definition) is 1. The molecule has 0 N–H and O–H groups in total. The molecule has 88 valence electrons. The predicted molar refractivity (Wildman–Crippen MR) is 75.2 cm³/mol. The summed E-state index contributed by atoms with van der Waals surface area (Å²) in [4.78, 5) is 0. The molecule has 1 nitrogen and oxygen atoms in total. The highest BCUT2D eigenvalue weighted by Crippen LogP contribution is 2.14. The largest absolute Gasteiger partial charge is 0.193 e. The molecule has 0 saturated carbocycles. The van der Waals surface area contributed by atoms with E-state index in [4.69, 9.17) is 16.9 Å². The Hall–Kier alpha value is -2.04. The zero-order chi connectivity index (χ0) is 12.8. The summed E-state index contributed by atoms with van der Waals surface area (Å²) in [6.07, 6.45) is 2.54. The molecule has 0 radical (unpaired) electrons. The van der Waals surface area contributed by atoms with Gasteiger partial charge in [0.1, 0.15) is 0 Å². The molecule has 0 aromatic heterocycles. The van der Waals surface area contributed by atoms with Crippen molar-refractivity contribution >= 4 is 17.7 Å². The van der Waals surface area contributed by atoms with Crippen molar-refractivity contribution in [3.63, 3.8) is 0 Å². The van der Waals surface area contributed by atoms with E-state index in [1.165, 1.54) is 0 Å². The minimum Gasteiger partial charge on any atom is -0.193 e. The highest BCUT2D eigenvalue weighted by molar-refractivity contribution is 6.30. The van der Waals surface area contributed by atoms with Crippen LogP contribution in [0.5, 0.6) is 0 Å². The van der Waals surface area contributed by atoms with Crippen molar-refractivity contribution in [2.24, 2.45) is 0 Å². The summed E-state index contributed by atoms with van der Waals surface area (Å²) in [5, 5.41) is 9.86. The normalized spacial score (nSPS) is 11.0. The minimum atomic E-state index is 0.653. The fourth-order valence-electron chi connectivity index (χ4n) is 1.70. The Bertz CT molecular complexity index is 577. The zero-order valence-corrected chi connectivity index (χ0v) is 10.6. The first-order valence-corrected chi connectivity index (χ1v) is 6.06. The lowest BCUT2D eigenvalue weighted by Gasteiger charge is -2.00. The van der Waals surface area contributed by atoms with Crippen LogP contribution in [-0.2, 0) is 6.42 Å². The van der Waals surface area contributed by atoms with E-state index < -0.39 is 0 Å². The van der Waals surface area contributed by atoms with Gasteiger partial charge in [-0.1, -0.05) is 54.1 Å². The third kappa shape index (κ3) is 3.48. The van der Waals surface area contributed by atoms with E-state index in [0.29, 0.717) is 11.4 Å². The van der Waals surface area contributed by atoms with Gasteiger partial charge >= 0.3 is 0 Å². The Morgan fingerprint density at radius 2 is 1.72 bits per heavy atom. The van der Waals surface area contributed by atoms with E-state index in [0.717, 1.165) is 16.7 Å². The number of nitrogens with zero attached hydrogens (tertiary/aromatic N) is 1. The van der Waals surface area contributed by atoms with Crippen molar-refractivity contribution in [3.05, 3.63) is 76.3 Å². The van der Waals surface area contributed by atoms with Gasteiger partial charge < -0.3 is 0 Å². The van der Waals surface area contributed by atoms with Gasteiger partial charge in [-0.15, -0.1) is 0 Å². The van der Waals surface area contributed by atoms with Crippen LogP contribution in [0.3, 0.4) is 0 Å². The SMILES string of the molecule is N#C/C(=C\c1ccc(Cl)cc1)Cc1ccccc1. The molecule has 0 saturated heterocycles. The summed E-state index contributed by atoms with van der Waals surface area (Å²) in [6.45, 7) is 0. The third-order valence-electron chi connectivity index (χ3n) is 2.59. The molecule has 0 amide bonds. The quantitative estimate of drug-likeness (QED) is 0.740. The molecule has 2 aromatic rings. The van der Waals surface area contributed by atoms with E-state index >= 15 is 0 Å². The number of halogens is 1. The monoisotopic (exact) mass is 253 g/mol. The molecule has 0 aliphatic rings. The molecule has 0 atom stereocenters. The van der Waals surface area contributed by atoms with Gasteiger partial charge in [-0.25, -0.2) is 0 Å². The van der Waals surface area contributed by atoms with Gasteiger partial charge in [0.15, 0.2) is 0 Å². The van der Waals surface area contributed by atoms with E-state index in [1.807, 2.05) is 60.7 Å². The standard InChI is InChI=1S/C16H12ClN/c17-16-8-6-14(7-9-16)11-15(12-18)10-13-4-2-1-3-5-13/h1-9,11H,10H2/b15-11-. The average Bonchev–Trinajstić information content (AvgIpc) is 2.41. The molecular weight excluding hydrogens is 242 g/mol. The molecule has 0 spiro atoms. The van der Waals surface area contributed by atoms with Gasteiger partial charge in [-0.3, -0.25) is 0 Å². The van der Waals surface area contributed by atoms with E-state index in [9.17, 15) is 0 Å². The lowest BCUT2D eigenvalue weighted by Crippen LogP contribution is -1.88. The van der Waals surface area contributed by atoms with Gasteiger partial charge in [0.05, 0.1) is 6.07 Å². The van der Waals surface area contributed by atoms with Crippen molar-refractivity contribution in [2.45, 2.75) is 6.42 Å². The Balaban J connectivity index is 2.19. The molecule has 2 rings (SSSR count). The maximum atomic E-state index is 9.16. The number of allylic oxidation sites excluding steroid dienone is 1. The first-order valence-electron chi connectivity index (χ1n) is 5.68. The van der Waals surface area contributed by atoms with Crippen molar-refractivity contribution in [3.8, 4) is 6.07 Å². The van der Waals surface area contributed by atoms with Crippen LogP contribution in [0.1, 0.15) is 11.1 Å². The van der Waals surface area contributed by atoms with Crippen LogP contribution in [0.25, 0.3) is 6.08 Å². The zero-order valence-electron chi connectivity index (χ0n) is 9.81. The van der Waals surface area contributed by atoms with Gasteiger partial charge in [0.25, 0.3) is 0 Å². The second-order valence-electron chi connectivity index (χ2n) is 4.00. The van der Waals surface area contributed by atoms with Crippen LogP contribution >= 0.6 is 11.6 Å². The van der Waals surface area contributed by atoms with Crippen molar-refractivity contribution in [1.82, 2.24) is 0 Å². The van der Waals surface area contributed by atoms with Crippen LogP contribution in [-0.4, -0.2) is 0 Å². The molecule has 0 unspecified atom stereocenters. The fourth-order valence-corrected chi connectivity index (χ4v) is 1.82. The van der Waals surface area contributed by atoms with Gasteiger partial charge in [-0.05, 0) is 29.3 Å². The van der Waals surface area contributed by atoms with Gasteiger partial charge in [-0.2, -0.15) is 5.26 Å². The maximum Gasteiger partial charge on any atom is 0.0950 e. The average molecular weight is 254 g/mol. The second-order valence-corrected chi connectivity index (χ2v) is 4.43. The topological polar surface area (TPSA) is 23.8 Å². The molecule has 0 bridgehead atoms. The molecule has 0 aliphatic carbocycles. The Morgan fingerprint density at radius 1 is 1.06 bits per heavy atom. The van der Waals surface area contributed by atoms with E-state index in [-0.39, 0.29) is 0 Å². The maximum absolute atomic E-state index is 9.16. The number of benzene rings is 2. The Morgan fingerprint density at radius 3 is 2.33 bits per heavy atom. The summed E-state index contributed by atoms with van der Waals surface area (Å²) in [5.41, 5.74) is 2.87. The summed E-state index contributed by atoms with van der Waals surface area (Å²) in [7, 11) is 0. The fraction of sp³-hybridized carbons (Fsp3) is 0.0625. The highest BCUT2D eigenvalue weighted by atomic mass is 35.5. The third-order valence-corrected chi connectivity index (χ3v) is 2.84. The number of rotatable bonds is 3. The molecular formula is C16H12ClN. The summed E-state index contributed by atoms with van der Waals surface area (Å²) in [5.74, 6) is 0. The van der Waals surface area contributed by atoms with Crippen LogP contribution in [0.4, 0.5) is 0 Å². The Kier molecular flexibility index (Phi) is 4.17. The highest BCUT2D eigenvalue weighted by Gasteiger charge is 1.99. The van der Waals surface area contributed by atoms with E-state index in [1.54, 1.807) is 0 Å². The molecule has 0 fully saturated rings.